The minimum absolute atomic E-state index is 0.0492. The lowest BCUT2D eigenvalue weighted by Gasteiger charge is -2.32. The van der Waals surface area contributed by atoms with Crippen LogP contribution in [-0.2, 0) is 11.8 Å². The van der Waals surface area contributed by atoms with E-state index in [9.17, 15) is 9.59 Å². The number of aromatic nitrogens is 1. The van der Waals surface area contributed by atoms with Crippen LogP contribution < -0.4 is 19.2 Å². The Bertz CT molecular complexity index is 1090. The molecule has 1 aliphatic heterocycles. The fourth-order valence-corrected chi connectivity index (χ4v) is 4.70. The summed E-state index contributed by atoms with van der Waals surface area (Å²) in [6.07, 6.45) is 0.275. The molecule has 1 amide bonds. The Hall–Kier alpha value is -3.06. The molecule has 0 spiro atoms. The fraction of sp³-hybridized carbons (Fsp3) is 0.238. The van der Waals surface area contributed by atoms with Crippen molar-refractivity contribution in [2.24, 2.45) is 7.05 Å². The maximum absolute atomic E-state index is 13.1. The van der Waals surface area contributed by atoms with Gasteiger partial charge in [0.15, 0.2) is 11.5 Å². The Balaban J connectivity index is 1.87. The number of anilines is 2. The number of hydrogen-bond donors (Lipinski definition) is 0. The number of thiazole rings is 1. The number of ether oxygens (including phenoxy) is 2. The van der Waals surface area contributed by atoms with Gasteiger partial charge in [-0.1, -0.05) is 35.6 Å². The molecular formula is C21H20N2O4S. The molecule has 0 radical (unpaired) electrons. The summed E-state index contributed by atoms with van der Waals surface area (Å²) >= 11 is 1.19. The molecule has 1 aliphatic rings. The Morgan fingerprint density at radius 1 is 1.00 bits per heavy atom. The van der Waals surface area contributed by atoms with Crippen molar-refractivity contribution in [3.8, 4) is 11.5 Å². The van der Waals surface area contributed by atoms with Crippen molar-refractivity contribution in [3.05, 3.63) is 68.6 Å². The van der Waals surface area contributed by atoms with Gasteiger partial charge >= 0.3 is 4.87 Å². The first-order chi connectivity index (χ1) is 13.5. The minimum Gasteiger partial charge on any atom is -0.493 e. The van der Waals surface area contributed by atoms with Crippen LogP contribution in [0.3, 0.4) is 0 Å². The average molecular weight is 396 g/mol. The number of carbonyl (C=O) groups excluding carboxylic acids is 1. The van der Waals surface area contributed by atoms with Crippen molar-refractivity contribution in [2.75, 3.05) is 19.1 Å². The summed E-state index contributed by atoms with van der Waals surface area (Å²) in [7, 11) is 4.87. The van der Waals surface area contributed by atoms with Gasteiger partial charge in [0.05, 0.1) is 24.8 Å². The average Bonchev–Trinajstić information content (AvgIpc) is 3.02. The van der Waals surface area contributed by atoms with Crippen LogP contribution in [0.15, 0.2) is 53.3 Å². The van der Waals surface area contributed by atoms with Crippen LogP contribution in [0.25, 0.3) is 0 Å². The molecule has 144 valence electrons. The van der Waals surface area contributed by atoms with Crippen LogP contribution >= 0.6 is 11.3 Å². The van der Waals surface area contributed by atoms with E-state index in [1.165, 1.54) is 11.3 Å². The van der Waals surface area contributed by atoms with Crippen LogP contribution in [0.2, 0.25) is 0 Å². The standard InChI is InChI=1S/C21H20N2O4S/c1-22-20-19(28-21(22)25)15(13-9-10-16(26-2)17(11-13)27-3)12-18(24)23(20)14-7-5-4-6-8-14/h4-11,15H,12H2,1-3H3. The van der Waals surface area contributed by atoms with E-state index < -0.39 is 0 Å². The second kappa shape index (κ2) is 7.16. The normalized spacial score (nSPS) is 16.0. The van der Waals surface area contributed by atoms with Gasteiger partial charge in [-0.25, -0.2) is 0 Å². The van der Waals surface area contributed by atoms with E-state index >= 15 is 0 Å². The number of fused-ring (bicyclic) bond motifs is 1. The quantitative estimate of drug-likeness (QED) is 0.675. The Morgan fingerprint density at radius 3 is 2.39 bits per heavy atom. The second-order valence-corrected chi connectivity index (χ2v) is 7.54. The molecular weight excluding hydrogens is 376 g/mol. The van der Waals surface area contributed by atoms with E-state index in [1.54, 1.807) is 30.7 Å². The Kier molecular flexibility index (Phi) is 4.68. The van der Waals surface area contributed by atoms with E-state index in [0.717, 1.165) is 16.1 Å². The van der Waals surface area contributed by atoms with Gasteiger partial charge in [0.2, 0.25) is 5.91 Å². The Labute approximate surface area is 166 Å². The first-order valence-electron chi connectivity index (χ1n) is 8.84. The molecule has 4 rings (SSSR count). The van der Waals surface area contributed by atoms with Crippen molar-refractivity contribution in [1.82, 2.24) is 4.57 Å². The number of rotatable bonds is 4. The summed E-state index contributed by atoms with van der Waals surface area (Å²) in [5.74, 6) is 1.61. The van der Waals surface area contributed by atoms with E-state index in [2.05, 4.69) is 0 Å². The summed E-state index contributed by atoms with van der Waals surface area (Å²) in [4.78, 5) is 28.1. The SMILES string of the molecule is COc1ccc(C2CC(=O)N(c3ccccc3)c3c2sc(=O)n3C)cc1OC. The van der Waals surface area contributed by atoms with Gasteiger partial charge in [0, 0.05) is 19.4 Å². The summed E-state index contributed by atoms with van der Waals surface area (Å²) < 4.78 is 12.3. The van der Waals surface area contributed by atoms with Crippen molar-refractivity contribution in [3.63, 3.8) is 0 Å². The number of carbonyl (C=O) groups is 1. The van der Waals surface area contributed by atoms with Gasteiger partial charge in [0.25, 0.3) is 0 Å². The predicted octanol–water partition coefficient (Wildman–Crippen LogP) is 3.66. The molecule has 2 heterocycles. The van der Waals surface area contributed by atoms with Crippen LogP contribution in [0.4, 0.5) is 11.5 Å². The lowest BCUT2D eigenvalue weighted by atomic mass is 9.90. The van der Waals surface area contributed by atoms with Gasteiger partial charge in [0.1, 0.15) is 5.82 Å². The van der Waals surface area contributed by atoms with Crippen molar-refractivity contribution < 1.29 is 14.3 Å². The summed E-state index contributed by atoms with van der Waals surface area (Å²) in [6, 6.07) is 15.0. The first-order valence-corrected chi connectivity index (χ1v) is 9.66. The number of para-hydroxylation sites is 1. The largest absolute Gasteiger partial charge is 0.493 e. The third-order valence-electron chi connectivity index (χ3n) is 4.99. The first kappa shape index (κ1) is 18.3. The number of nitrogens with zero attached hydrogens (tertiary/aromatic N) is 2. The molecule has 0 saturated heterocycles. The molecule has 0 fully saturated rings. The molecule has 1 atom stereocenters. The zero-order chi connectivity index (χ0) is 19.8. The smallest absolute Gasteiger partial charge is 0.308 e. The lowest BCUT2D eigenvalue weighted by Crippen LogP contribution is -2.34. The number of hydrogen-bond acceptors (Lipinski definition) is 5. The molecule has 1 aromatic heterocycles. The van der Waals surface area contributed by atoms with Crippen LogP contribution in [0.1, 0.15) is 22.8 Å². The molecule has 1 unspecified atom stereocenters. The Morgan fingerprint density at radius 2 is 1.71 bits per heavy atom. The van der Waals surface area contributed by atoms with Crippen molar-refractivity contribution in [2.45, 2.75) is 12.3 Å². The monoisotopic (exact) mass is 396 g/mol. The number of methoxy groups -OCH3 is 2. The van der Waals surface area contributed by atoms with Gasteiger partial charge in [-0.3, -0.25) is 19.1 Å². The van der Waals surface area contributed by atoms with Crippen LogP contribution in [-0.4, -0.2) is 24.7 Å². The van der Waals surface area contributed by atoms with Crippen LogP contribution in [0, 0.1) is 0 Å². The molecule has 0 aliphatic carbocycles. The highest BCUT2D eigenvalue weighted by molar-refractivity contribution is 7.10. The van der Waals surface area contributed by atoms with E-state index in [0.29, 0.717) is 17.3 Å². The maximum atomic E-state index is 13.1. The number of benzene rings is 2. The minimum atomic E-state index is -0.207. The molecule has 0 saturated carbocycles. The molecule has 7 heteroatoms. The second-order valence-electron chi connectivity index (χ2n) is 6.55. The summed E-state index contributed by atoms with van der Waals surface area (Å²) in [6.45, 7) is 0. The lowest BCUT2D eigenvalue weighted by molar-refractivity contribution is -0.118. The van der Waals surface area contributed by atoms with Gasteiger partial charge in [-0.05, 0) is 29.8 Å². The summed E-state index contributed by atoms with van der Waals surface area (Å²) in [5, 5.41) is 0. The maximum Gasteiger partial charge on any atom is 0.308 e. The molecule has 0 bridgehead atoms. The fourth-order valence-electron chi connectivity index (χ4n) is 3.61. The van der Waals surface area contributed by atoms with E-state index in [1.807, 2.05) is 48.5 Å². The molecule has 0 N–H and O–H groups in total. The van der Waals surface area contributed by atoms with Crippen molar-refractivity contribution in [1.29, 1.82) is 0 Å². The van der Waals surface area contributed by atoms with E-state index in [4.69, 9.17) is 9.47 Å². The third-order valence-corrected chi connectivity index (χ3v) is 6.13. The van der Waals surface area contributed by atoms with E-state index in [-0.39, 0.29) is 23.1 Å². The zero-order valence-corrected chi connectivity index (χ0v) is 16.7. The molecule has 2 aromatic carbocycles. The molecule has 28 heavy (non-hydrogen) atoms. The highest BCUT2D eigenvalue weighted by Crippen LogP contribution is 2.45. The third kappa shape index (κ3) is 2.88. The topological polar surface area (TPSA) is 60.8 Å². The highest BCUT2D eigenvalue weighted by Gasteiger charge is 2.37. The zero-order valence-electron chi connectivity index (χ0n) is 15.8. The summed E-state index contributed by atoms with van der Waals surface area (Å²) in [5.41, 5.74) is 1.68. The predicted molar refractivity (Wildman–Crippen MR) is 109 cm³/mol. The molecule has 6 nitrogen and oxygen atoms in total. The van der Waals surface area contributed by atoms with Gasteiger partial charge < -0.3 is 9.47 Å². The number of amides is 1. The van der Waals surface area contributed by atoms with Gasteiger partial charge in [-0.2, -0.15) is 0 Å². The van der Waals surface area contributed by atoms with Gasteiger partial charge in [-0.15, -0.1) is 0 Å². The molecule has 3 aromatic rings. The highest BCUT2D eigenvalue weighted by atomic mass is 32.1. The van der Waals surface area contributed by atoms with Crippen molar-refractivity contribution >= 4 is 28.7 Å². The van der Waals surface area contributed by atoms with Crippen LogP contribution in [0.5, 0.6) is 11.5 Å².